The van der Waals surface area contributed by atoms with Crippen molar-refractivity contribution in [1.29, 1.82) is 0 Å². The van der Waals surface area contributed by atoms with E-state index in [2.05, 4.69) is 19.2 Å². The number of ketones is 1. The predicted octanol–water partition coefficient (Wildman–Crippen LogP) is 2.73. The monoisotopic (exact) mass is 231 g/mol. The van der Waals surface area contributed by atoms with Crippen molar-refractivity contribution in [3.05, 3.63) is 36.4 Å². The molecule has 0 heterocycles. The molecule has 1 atom stereocenters. The van der Waals surface area contributed by atoms with Crippen LogP contribution >= 0.6 is 0 Å². The van der Waals surface area contributed by atoms with E-state index >= 15 is 0 Å². The molecule has 1 aromatic carbocycles. The Labute approximate surface area is 101 Å². The molecule has 17 heavy (non-hydrogen) atoms. The molecule has 0 radical (unpaired) electrons. The van der Waals surface area contributed by atoms with Gasteiger partial charge in [-0.25, -0.2) is 0 Å². The zero-order valence-corrected chi connectivity index (χ0v) is 10.1. The highest BCUT2D eigenvalue weighted by molar-refractivity contribution is 5.91. The van der Waals surface area contributed by atoms with Crippen LogP contribution in [0.1, 0.15) is 20.3 Å². The van der Waals surface area contributed by atoms with E-state index < -0.39 is 0 Å². The highest BCUT2D eigenvalue weighted by Crippen LogP contribution is 2.32. The SMILES string of the molecule is CC1(C)CC(=O)C=CC1Nc1ccc(O)cc1. The first kappa shape index (κ1) is 11.7. The number of hydrogen-bond acceptors (Lipinski definition) is 3. The summed E-state index contributed by atoms with van der Waals surface area (Å²) in [4.78, 5) is 11.4. The number of nitrogens with one attached hydrogen (secondary N) is 1. The fraction of sp³-hybridized carbons (Fsp3) is 0.357. The van der Waals surface area contributed by atoms with Crippen molar-refractivity contribution in [2.45, 2.75) is 26.3 Å². The number of carbonyl (C=O) groups is 1. The minimum atomic E-state index is -0.0935. The molecule has 2 rings (SSSR count). The molecule has 0 aliphatic heterocycles. The van der Waals surface area contributed by atoms with E-state index in [4.69, 9.17) is 0 Å². The minimum absolute atomic E-state index is 0.0935. The number of phenols is 1. The molecule has 3 nitrogen and oxygen atoms in total. The maximum absolute atomic E-state index is 11.4. The molecule has 0 saturated carbocycles. The molecular formula is C14H17NO2. The lowest BCUT2D eigenvalue weighted by Crippen LogP contribution is -2.38. The van der Waals surface area contributed by atoms with Gasteiger partial charge in [-0.15, -0.1) is 0 Å². The molecule has 90 valence electrons. The lowest BCUT2D eigenvalue weighted by Gasteiger charge is -2.35. The molecule has 0 fully saturated rings. The summed E-state index contributed by atoms with van der Waals surface area (Å²) in [7, 11) is 0. The average Bonchev–Trinajstić information content (AvgIpc) is 2.24. The van der Waals surface area contributed by atoms with Crippen molar-refractivity contribution >= 4 is 11.5 Å². The molecule has 1 aliphatic carbocycles. The van der Waals surface area contributed by atoms with Gasteiger partial charge in [-0.1, -0.05) is 19.9 Å². The second kappa shape index (κ2) is 4.24. The fourth-order valence-electron chi connectivity index (χ4n) is 2.06. The molecule has 0 amide bonds. The largest absolute Gasteiger partial charge is 0.508 e. The van der Waals surface area contributed by atoms with Gasteiger partial charge in [0.25, 0.3) is 0 Å². The Morgan fingerprint density at radius 2 is 1.94 bits per heavy atom. The van der Waals surface area contributed by atoms with Crippen LogP contribution < -0.4 is 5.32 Å². The highest BCUT2D eigenvalue weighted by Gasteiger charge is 2.32. The maximum atomic E-state index is 11.4. The van der Waals surface area contributed by atoms with Crippen LogP contribution in [0.3, 0.4) is 0 Å². The third kappa shape index (κ3) is 2.67. The fourth-order valence-corrected chi connectivity index (χ4v) is 2.06. The van der Waals surface area contributed by atoms with Crippen LogP contribution in [0.2, 0.25) is 0 Å². The van der Waals surface area contributed by atoms with Crippen molar-refractivity contribution in [3.8, 4) is 5.75 Å². The van der Waals surface area contributed by atoms with E-state index in [1.54, 1.807) is 18.2 Å². The molecule has 2 N–H and O–H groups in total. The van der Waals surface area contributed by atoms with Crippen LogP contribution in [0, 0.1) is 5.41 Å². The third-order valence-corrected chi connectivity index (χ3v) is 3.14. The topological polar surface area (TPSA) is 49.3 Å². The number of allylic oxidation sites excluding steroid dienone is 1. The molecule has 0 spiro atoms. The number of aromatic hydroxyl groups is 1. The number of carbonyl (C=O) groups excluding carboxylic acids is 1. The van der Waals surface area contributed by atoms with Crippen LogP contribution in [-0.4, -0.2) is 16.9 Å². The van der Waals surface area contributed by atoms with E-state index in [-0.39, 0.29) is 23.0 Å². The molecule has 0 aromatic heterocycles. The van der Waals surface area contributed by atoms with Gasteiger partial charge in [0, 0.05) is 12.1 Å². The minimum Gasteiger partial charge on any atom is -0.508 e. The van der Waals surface area contributed by atoms with E-state index in [1.165, 1.54) is 0 Å². The maximum Gasteiger partial charge on any atom is 0.156 e. The van der Waals surface area contributed by atoms with Crippen molar-refractivity contribution in [2.75, 3.05) is 5.32 Å². The van der Waals surface area contributed by atoms with E-state index in [0.717, 1.165) is 5.69 Å². The van der Waals surface area contributed by atoms with Crippen molar-refractivity contribution in [3.63, 3.8) is 0 Å². The van der Waals surface area contributed by atoms with Crippen LogP contribution in [0.25, 0.3) is 0 Å². The van der Waals surface area contributed by atoms with Gasteiger partial charge >= 0.3 is 0 Å². The first-order chi connectivity index (χ1) is 7.97. The zero-order valence-electron chi connectivity index (χ0n) is 10.1. The summed E-state index contributed by atoms with van der Waals surface area (Å²) in [6.07, 6.45) is 4.11. The van der Waals surface area contributed by atoms with Crippen molar-refractivity contribution in [1.82, 2.24) is 0 Å². The van der Waals surface area contributed by atoms with E-state index in [9.17, 15) is 9.90 Å². The summed E-state index contributed by atoms with van der Waals surface area (Å²) in [5.74, 6) is 0.433. The highest BCUT2D eigenvalue weighted by atomic mass is 16.3. The third-order valence-electron chi connectivity index (χ3n) is 3.14. The van der Waals surface area contributed by atoms with Gasteiger partial charge in [-0.3, -0.25) is 4.79 Å². The van der Waals surface area contributed by atoms with Gasteiger partial charge < -0.3 is 10.4 Å². The van der Waals surface area contributed by atoms with Gasteiger partial charge in [0.2, 0.25) is 0 Å². The van der Waals surface area contributed by atoms with Gasteiger partial charge in [0.15, 0.2) is 5.78 Å². The van der Waals surface area contributed by atoms with E-state index in [1.807, 2.05) is 18.2 Å². The van der Waals surface area contributed by atoms with Crippen LogP contribution in [0.5, 0.6) is 5.75 Å². The first-order valence-corrected chi connectivity index (χ1v) is 5.74. The first-order valence-electron chi connectivity index (χ1n) is 5.74. The van der Waals surface area contributed by atoms with Crippen LogP contribution in [0.15, 0.2) is 36.4 Å². The quantitative estimate of drug-likeness (QED) is 0.769. The molecule has 1 aromatic rings. The Balaban J connectivity index is 2.15. The normalized spacial score (nSPS) is 22.5. The van der Waals surface area contributed by atoms with Gasteiger partial charge in [-0.05, 0) is 35.8 Å². The van der Waals surface area contributed by atoms with Gasteiger partial charge in [0.05, 0.1) is 6.04 Å². The Morgan fingerprint density at radius 1 is 1.29 bits per heavy atom. The molecule has 3 heteroatoms. The number of anilines is 1. The second-order valence-corrected chi connectivity index (χ2v) is 5.16. The van der Waals surface area contributed by atoms with Gasteiger partial charge in [-0.2, -0.15) is 0 Å². The smallest absolute Gasteiger partial charge is 0.156 e. The molecule has 0 bridgehead atoms. The Hall–Kier alpha value is -1.77. The number of phenolic OH excluding ortho intramolecular Hbond substituents is 1. The molecular weight excluding hydrogens is 214 g/mol. The van der Waals surface area contributed by atoms with E-state index in [0.29, 0.717) is 6.42 Å². The summed E-state index contributed by atoms with van der Waals surface area (Å²) >= 11 is 0. The number of hydrogen-bond donors (Lipinski definition) is 2. The summed E-state index contributed by atoms with van der Waals surface area (Å²) in [6, 6.07) is 7.08. The lowest BCUT2D eigenvalue weighted by atomic mass is 9.76. The second-order valence-electron chi connectivity index (χ2n) is 5.16. The molecule has 1 aliphatic rings. The van der Waals surface area contributed by atoms with Crippen LogP contribution in [-0.2, 0) is 4.79 Å². The number of benzene rings is 1. The Bertz CT molecular complexity index is 446. The standard InChI is InChI=1S/C14H17NO2/c1-14(2)9-12(17)7-8-13(14)15-10-3-5-11(16)6-4-10/h3-8,13,15-16H,9H2,1-2H3. The Kier molecular flexibility index (Phi) is 2.92. The van der Waals surface area contributed by atoms with Crippen molar-refractivity contribution < 1.29 is 9.90 Å². The lowest BCUT2D eigenvalue weighted by molar-refractivity contribution is -0.117. The number of rotatable bonds is 2. The average molecular weight is 231 g/mol. The molecule has 0 saturated heterocycles. The van der Waals surface area contributed by atoms with Crippen LogP contribution in [0.4, 0.5) is 5.69 Å². The summed E-state index contributed by atoms with van der Waals surface area (Å²) in [5, 5.41) is 12.6. The van der Waals surface area contributed by atoms with Crippen molar-refractivity contribution in [2.24, 2.45) is 5.41 Å². The Morgan fingerprint density at radius 3 is 2.53 bits per heavy atom. The molecule has 1 unspecified atom stereocenters. The predicted molar refractivity (Wildman–Crippen MR) is 68.1 cm³/mol. The summed E-state index contributed by atoms with van der Waals surface area (Å²) in [5.41, 5.74) is 0.851. The summed E-state index contributed by atoms with van der Waals surface area (Å²) in [6.45, 7) is 4.15. The summed E-state index contributed by atoms with van der Waals surface area (Å²) < 4.78 is 0. The zero-order chi connectivity index (χ0) is 12.5. The van der Waals surface area contributed by atoms with Gasteiger partial charge in [0.1, 0.15) is 5.75 Å².